The van der Waals surface area contributed by atoms with Crippen LogP contribution in [0.1, 0.15) is 38.3 Å². The fraction of sp³-hybridized carbons (Fsp3) is 0.714. The molecule has 2 bridgehead atoms. The number of hydrogen-bond acceptors (Lipinski definition) is 4. The van der Waals surface area contributed by atoms with Crippen molar-refractivity contribution in [1.82, 2.24) is 15.3 Å². The van der Waals surface area contributed by atoms with Crippen LogP contribution in [0.3, 0.4) is 0 Å². The SMILES string of the molecule is CCN(c1nccc(C)n1)C1CC2CCC(C1)N2. The standard InChI is InChI=1S/C14H22N4/c1-3-18(14-15-7-6-10(2)16-14)13-8-11-4-5-12(9-13)17-11/h6-7,11-13,17H,3-5,8-9H2,1-2H3. The third-order valence-electron chi connectivity index (χ3n) is 4.27. The van der Waals surface area contributed by atoms with Gasteiger partial charge in [0.15, 0.2) is 0 Å². The number of aryl methyl sites for hydroxylation is 1. The topological polar surface area (TPSA) is 41.1 Å². The average molecular weight is 246 g/mol. The number of nitrogens with one attached hydrogen (secondary N) is 1. The second-order valence-electron chi connectivity index (χ2n) is 5.55. The Morgan fingerprint density at radius 2 is 2.06 bits per heavy atom. The third kappa shape index (κ3) is 2.21. The zero-order valence-electron chi connectivity index (χ0n) is 11.3. The van der Waals surface area contributed by atoms with E-state index in [4.69, 9.17) is 0 Å². The molecular formula is C14H22N4. The van der Waals surface area contributed by atoms with E-state index < -0.39 is 0 Å². The molecule has 98 valence electrons. The van der Waals surface area contributed by atoms with Crippen LogP contribution in [0.15, 0.2) is 12.3 Å². The molecule has 1 N–H and O–H groups in total. The minimum Gasteiger partial charge on any atom is -0.338 e. The molecule has 0 spiro atoms. The molecule has 0 amide bonds. The number of piperidine rings is 1. The van der Waals surface area contributed by atoms with E-state index in [1.165, 1.54) is 25.7 Å². The predicted molar refractivity (Wildman–Crippen MR) is 72.8 cm³/mol. The average Bonchev–Trinajstić information content (AvgIpc) is 2.70. The van der Waals surface area contributed by atoms with E-state index in [9.17, 15) is 0 Å². The summed E-state index contributed by atoms with van der Waals surface area (Å²) in [5, 5.41) is 3.69. The van der Waals surface area contributed by atoms with E-state index in [0.717, 1.165) is 18.2 Å². The van der Waals surface area contributed by atoms with E-state index in [-0.39, 0.29) is 0 Å². The van der Waals surface area contributed by atoms with Crippen LogP contribution in [-0.2, 0) is 0 Å². The zero-order chi connectivity index (χ0) is 12.5. The summed E-state index contributed by atoms with van der Waals surface area (Å²) in [5.74, 6) is 0.906. The number of hydrogen-bond donors (Lipinski definition) is 1. The van der Waals surface area contributed by atoms with Crippen molar-refractivity contribution >= 4 is 5.95 Å². The largest absolute Gasteiger partial charge is 0.338 e. The first-order chi connectivity index (χ1) is 8.76. The first kappa shape index (κ1) is 11.9. The van der Waals surface area contributed by atoms with Crippen LogP contribution in [0.25, 0.3) is 0 Å². The van der Waals surface area contributed by atoms with Crippen molar-refractivity contribution in [3.8, 4) is 0 Å². The molecule has 3 heterocycles. The van der Waals surface area contributed by atoms with Crippen LogP contribution >= 0.6 is 0 Å². The van der Waals surface area contributed by atoms with Gasteiger partial charge in [0.2, 0.25) is 5.95 Å². The molecule has 0 aliphatic carbocycles. The van der Waals surface area contributed by atoms with Crippen LogP contribution in [0.5, 0.6) is 0 Å². The van der Waals surface area contributed by atoms with Gasteiger partial charge < -0.3 is 10.2 Å². The summed E-state index contributed by atoms with van der Waals surface area (Å²) in [6.07, 6.45) is 7.03. The summed E-state index contributed by atoms with van der Waals surface area (Å²) in [4.78, 5) is 11.4. The molecular weight excluding hydrogens is 224 g/mol. The van der Waals surface area contributed by atoms with Crippen LogP contribution < -0.4 is 10.2 Å². The smallest absolute Gasteiger partial charge is 0.225 e. The molecule has 18 heavy (non-hydrogen) atoms. The van der Waals surface area contributed by atoms with Gasteiger partial charge in [-0.1, -0.05) is 0 Å². The summed E-state index contributed by atoms with van der Waals surface area (Å²) in [7, 11) is 0. The minimum absolute atomic E-state index is 0.607. The second-order valence-corrected chi connectivity index (χ2v) is 5.55. The Bertz CT molecular complexity index is 408. The third-order valence-corrected chi connectivity index (χ3v) is 4.27. The van der Waals surface area contributed by atoms with E-state index >= 15 is 0 Å². The lowest BCUT2D eigenvalue weighted by atomic mass is 9.98. The van der Waals surface area contributed by atoms with Crippen molar-refractivity contribution in [2.24, 2.45) is 0 Å². The maximum atomic E-state index is 4.58. The van der Waals surface area contributed by atoms with Crippen molar-refractivity contribution < 1.29 is 0 Å². The predicted octanol–water partition coefficient (Wildman–Crippen LogP) is 1.89. The molecule has 1 aromatic heterocycles. The maximum Gasteiger partial charge on any atom is 0.225 e. The van der Waals surface area contributed by atoms with Gasteiger partial charge in [0.25, 0.3) is 0 Å². The Kier molecular flexibility index (Phi) is 3.20. The van der Waals surface area contributed by atoms with Crippen molar-refractivity contribution in [3.63, 3.8) is 0 Å². The molecule has 4 nitrogen and oxygen atoms in total. The lowest BCUT2D eigenvalue weighted by Crippen LogP contribution is -2.48. The van der Waals surface area contributed by atoms with Gasteiger partial charge in [-0.2, -0.15) is 0 Å². The van der Waals surface area contributed by atoms with Gasteiger partial charge >= 0.3 is 0 Å². The molecule has 2 fully saturated rings. The van der Waals surface area contributed by atoms with Crippen LogP contribution in [0.2, 0.25) is 0 Å². The number of aromatic nitrogens is 2. The highest BCUT2D eigenvalue weighted by atomic mass is 15.3. The minimum atomic E-state index is 0.607. The van der Waals surface area contributed by atoms with Crippen LogP contribution in [-0.4, -0.2) is 34.6 Å². The Hall–Kier alpha value is -1.16. The first-order valence-electron chi connectivity index (χ1n) is 7.08. The van der Waals surface area contributed by atoms with Gasteiger partial charge in [-0.15, -0.1) is 0 Å². The lowest BCUT2D eigenvalue weighted by molar-refractivity contribution is 0.346. The molecule has 2 aliphatic heterocycles. The monoisotopic (exact) mass is 246 g/mol. The van der Waals surface area contributed by atoms with Gasteiger partial charge in [0.05, 0.1) is 0 Å². The van der Waals surface area contributed by atoms with Gasteiger partial charge in [-0.25, -0.2) is 9.97 Å². The Balaban J connectivity index is 1.80. The molecule has 0 radical (unpaired) electrons. The van der Waals surface area contributed by atoms with E-state index in [1.807, 2.05) is 19.2 Å². The zero-order valence-corrected chi connectivity index (χ0v) is 11.3. The number of fused-ring (bicyclic) bond motifs is 2. The summed E-state index contributed by atoms with van der Waals surface area (Å²) >= 11 is 0. The summed E-state index contributed by atoms with van der Waals surface area (Å²) in [6, 6.07) is 4.00. The van der Waals surface area contributed by atoms with Gasteiger partial charge in [-0.05, 0) is 45.6 Å². The Morgan fingerprint density at radius 3 is 2.67 bits per heavy atom. The summed E-state index contributed by atoms with van der Waals surface area (Å²) in [5.41, 5.74) is 1.05. The van der Waals surface area contributed by atoms with Crippen molar-refractivity contribution in [2.45, 2.75) is 57.7 Å². The molecule has 0 aromatic carbocycles. The molecule has 0 saturated carbocycles. The lowest BCUT2D eigenvalue weighted by Gasteiger charge is -2.37. The van der Waals surface area contributed by atoms with E-state index in [2.05, 4.69) is 27.1 Å². The van der Waals surface area contributed by atoms with E-state index in [1.54, 1.807) is 0 Å². The van der Waals surface area contributed by atoms with Gasteiger partial charge in [-0.3, -0.25) is 0 Å². The molecule has 1 aromatic rings. The number of anilines is 1. The number of rotatable bonds is 3. The first-order valence-corrected chi connectivity index (χ1v) is 7.08. The van der Waals surface area contributed by atoms with Crippen molar-refractivity contribution in [2.75, 3.05) is 11.4 Å². The molecule has 3 rings (SSSR count). The van der Waals surface area contributed by atoms with Crippen LogP contribution in [0, 0.1) is 6.92 Å². The maximum absolute atomic E-state index is 4.58. The second kappa shape index (κ2) is 4.84. The normalized spacial score (nSPS) is 30.4. The molecule has 2 aliphatic rings. The van der Waals surface area contributed by atoms with Crippen molar-refractivity contribution in [1.29, 1.82) is 0 Å². The Morgan fingerprint density at radius 1 is 1.33 bits per heavy atom. The van der Waals surface area contributed by atoms with E-state index in [0.29, 0.717) is 18.1 Å². The van der Waals surface area contributed by atoms with Gasteiger partial charge in [0.1, 0.15) is 0 Å². The number of nitrogens with zero attached hydrogens (tertiary/aromatic N) is 3. The highest BCUT2D eigenvalue weighted by Gasteiger charge is 2.36. The fourth-order valence-electron chi connectivity index (χ4n) is 3.42. The fourth-order valence-corrected chi connectivity index (χ4v) is 3.42. The molecule has 4 heteroatoms. The molecule has 2 atom stereocenters. The van der Waals surface area contributed by atoms with Crippen LogP contribution in [0.4, 0.5) is 5.95 Å². The Labute approximate surface area is 109 Å². The van der Waals surface area contributed by atoms with Gasteiger partial charge in [0, 0.05) is 36.6 Å². The highest BCUT2D eigenvalue weighted by molar-refractivity contribution is 5.32. The quantitative estimate of drug-likeness (QED) is 0.884. The molecule has 2 saturated heterocycles. The summed E-state index contributed by atoms with van der Waals surface area (Å²) in [6.45, 7) is 5.23. The molecule has 2 unspecified atom stereocenters. The highest BCUT2D eigenvalue weighted by Crippen LogP contribution is 2.30. The van der Waals surface area contributed by atoms with Crippen molar-refractivity contribution in [3.05, 3.63) is 18.0 Å². The summed E-state index contributed by atoms with van der Waals surface area (Å²) < 4.78 is 0.